The molecule has 3 rings (SSSR count). The van der Waals surface area contributed by atoms with E-state index in [4.69, 9.17) is 0 Å². The lowest BCUT2D eigenvalue weighted by atomic mass is 10.1. The molecular weight excluding hydrogens is 266 g/mol. The van der Waals surface area contributed by atoms with Crippen molar-refractivity contribution in [2.75, 3.05) is 5.32 Å². The molecule has 0 unspecified atom stereocenters. The fraction of sp³-hybridized carbons (Fsp3) is 0.176. The summed E-state index contributed by atoms with van der Waals surface area (Å²) in [6.45, 7) is 2.04. The van der Waals surface area contributed by atoms with E-state index in [9.17, 15) is 14.7 Å². The molecule has 2 N–H and O–H groups in total. The van der Waals surface area contributed by atoms with Gasteiger partial charge in [-0.05, 0) is 24.1 Å². The molecule has 0 spiro atoms. The van der Waals surface area contributed by atoms with E-state index in [2.05, 4.69) is 5.32 Å². The van der Waals surface area contributed by atoms with Crippen molar-refractivity contribution in [2.45, 2.75) is 19.1 Å². The summed E-state index contributed by atoms with van der Waals surface area (Å²) in [6, 6.07) is 13.7. The molecular formula is C17H15NO3. The maximum absolute atomic E-state index is 12.3. The Hall–Kier alpha value is -2.46. The molecule has 4 heteroatoms. The van der Waals surface area contributed by atoms with Crippen molar-refractivity contribution in [3.63, 3.8) is 0 Å². The third-order valence-corrected chi connectivity index (χ3v) is 3.76. The van der Waals surface area contributed by atoms with Gasteiger partial charge in [0.2, 0.25) is 11.6 Å². The summed E-state index contributed by atoms with van der Waals surface area (Å²) < 4.78 is 0. The number of hydrogen-bond donors (Lipinski definition) is 2. The largest absolute Gasteiger partial charge is 0.358 e. The van der Waals surface area contributed by atoms with E-state index in [1.54, 1.807) is 36.4 Å². The van der Waals surface area contributed by atoms with Gasteiger partial charge in [-0.25, -0.2) is 0 Å². The molecule has 0 amide bonds. The molecule has 1 aliphatic rings. The molecule has 0 atom stereocenters. The quantitative estimate of drug-likeness (QED) is 0.670. The van der Waals surface area contributed by atoms with Crippen LogP contribution in [0.2, 0.25) is 0 Å². The van der Waals surface area contributed by atoms with Crippen molar-refractivity contribution in [3.8, 4) is 0 Å². The molecule has 0 saturated carbocycles. The molecule has 1 aliphatic carbocycles. The van der Waals surface area contributed by atoms with Crippen molar-refractivity contribution in [3.05, 3.63) is 65.2 Å². The lowest BCUT2D eigenvalue weighted by Gasteiger charge is -2.22. The molecule has 0 radical (unpaired) electrons. The summed E-state index contributed by atoms with van der Waals surface area (Å²) in [7, 11) is 0. The molecule has 0 heterocycles. The number of hydrogen-bond acceptors (Lipinski definition) is 4. The van der Waals surface area contributed by atoms with Crippen LogP contribution in [0.15, 0.2) is 48.5 Å². The zero-order valence-electron chi connectivity index (χ0n) is 11.6. The second-order valence-corrected chi connectivity index (χ2v) is 5.09. The normalized spacial score (nSPS) is 15.9. The van der Waals surface area contributed by atoms with E-state index in [0.717, 1.165) is 12.0 Å². The van der Waals surface area contributed by atoms with Gasteiger partial charge < -0.3 is 10.4 Å². The Morgan fingerprint density at radius 2 is 1.48 bits per heavy atom. The van der Waals surface area contributed by atoms with Gasteiger partial charge in [0, 0.05) is 16.8 Å². The zero-order valence-corrected chi connectivity index (χ0v) is 11.6. The van der Waals surface area contributed by atoms with Crippen molar-refractivity contribution < 1.29 is 14.7 Å². The number of rotatable bonds is 3. The number of aliphatic hydroxyl groups is 1. The van der Waals surface area contributed by atoms with Gasteiger partial charge in [0.25, 0.3) is 5.72 Å². The Balaban J connectivity index is 1.95. The fourth-order valence-electron chi connectivity index (χ4n) is 2.52. The van der Waals surface area contributed by atoms with Crippen LogP contribution in [0, 0.1) is 0 Å². The zero-order chi connectivity index (χ0) is 15.0. The van der Waals surface area contributed by atoms with E-state index < -0.39 is 17.3 Å². The van der Waals surface area contributed by atoms with Gasteiger partial charge in [-0.1, -0.05) is 43.3 Å². The van der Waals surface area contributed by atoms with Gasteiger partial charge in [0.15, 0.2) is 0 Å². The average molecular weight is 281 g/mol. The van der Waals surface area contributed by atoms with E-state index in [1.165, 1.54) is 0 Å². The van der Waals surface area contributed by atoms with Gasteiger partial charge >= 0.3 is 0 Å². The molecule has 0 aromatic heterocycles. The highest BCUT2D eigenvalue weighted by molar-refractivity contribution is 6.32. The van der Waals surface area contributed by atoms with Crippen molar-refractivity contribution in [2.24, 2.45) is 0 Å². The topological polar surface area (TPSA) is 66.4 Å². The number of carbonyl (C=O) groups excluding carboxylic acids is 2. The first-order chi connectivity index (χ1) is 10.1. The van der Waals surface area contributed by atoms with Crippen LogP contribution >= 0.6 is 0 Å². The predicted molar refractivity (Wildman–Crippen MR) is 79.5 cm³/mol. The number of fused-ring (bicyclic) bond motifs is 1. The molecule has 0 fully saturated rings. The highest BCUT2D eigenvalue weighted by Gasteiger charge is 2.52. The maximum Gasteiger partial charge on any atom is 0.266 e. The van der Waals surface area contributed by atoms with Crippen molar-refractivity contribution in [1.29, 1.82) is 0 Å². The molecule has 0 bridgehead atoms. The summed E-state index contributed by atoms with van der Waals surface area (Å²) >= 11 is 0. The number of anilines is 1. The third-order valence-electron chi connectivity index (χ3n) is 3.76. The van der Waals surface area contributed by atoms with E-state index in [-0.39, 0.29) is 11.1 Å². The van der Waals surface area contributed by atoms with E-state index >= 15 is 0 Å². The summed E-state index contributed by atoms with van der Waals surface area (Å²) in [5.41, 5.74) is -0.0355. The summed E-state index contributed by atoms with van der Waals surface area (Å²) in [6.07, 6.45) is 0.897. The maximum atomic E-state index is 12.3. The minimum atomic E-state index is -2.21. The number of aryl methyl sites for hydroxylation is 1. The number of carbonyl (C=O) groups is 2. The van der Waals surface area contributed by atoms with Crippen LogP contribution in [0.25, 0.3) is 0 Å². The number of benzene rings is 2. The molecule has 21 heavy (non-hydrogen) atoms. The second kappa shape index (κ2) is 4.82. The second-order valence-electron chi connectivity index (χ2n) is 5.09. The number of Topliss-reactive ketones (excluding diaryl/α,β-unsaturated/α-hetero) is 2. The van der Waals surface area contributed by atoms with Gasteiger partial charge in [-0.3, -0.25) is 9.59 Å². The van der Waals surface area contributed by atoms with E-state index in [1.807, 2.05) is 19.1 Å². The lowest BCUT2D eigenvalue weighted by Crippen LogP contribution is -2.48. The van der Waals surface area contributed by atoms with Crippen molar-refractivity contribution >= 4 is 17.3 Å². The van der Waals surface area contributed by atoms with Crippen LogP contribution in [-0.4, -0.2) is 22.4 Å². The van der Waals surface area contributed by atoms with Crippen LogP contribution in [0.3, 0.4) is 0 Å². The van der Waals surface area contributed by atoms with Crippen molar-refractivity contribution in [1.82, 2.24) is 0 Å². The Morgan fingerprint density at radius 3 is 1.95 bits per heavy atom. The highest BCUT2D eigenvalue weighted by atomic mass is 16.3. The molecule has 106 valence electrons. The van der Waals surface area contributed by atoms with Gasteiger partial charge in [-0.15, -0.1) is 0 Å². The molecule has 0 aliphatic heterocycles. The summed E-state index contributed by atoms with van der Waals surface area (Å²) in [4.78, 5) is 24.6. The lowest BCUT2D eigenvalue weighted by molar-refractivity contribution is 0.0427. The number of nitrogens with one attached hydrogen (secondary N) is 1. The monoisotopic (exact) mass is 281 g/mol. The van der Waals surface area contributed by atoms with Crippen LogP contribution in [0.5, 0.6) is 0 Å². The molecule has 4 nitrogen and oxygen atoms in total. The van der Waals surface area contributed by atoms with Crippen LogP contribution in [0.1, 0.15) is 33.2 Å². The minimum absolute atomic E-state index is 0.252. The smallest absolute Gasteiger partial charge is 0.266 e. The first-order valence-electron chi connectivity index (χ1n) is 6.84. The SMILES string of the molecule is CCc1ccc(NC2(O)C(=O)c3ccccc3C2=O)cc1. The predicted octanol–water partition coefficient (Wildman–Crippen LogP) is 2.43. The fourth-order valence-corrected chi connectivity index (χ4v) is 2.52. The Kier molecular flexibility index (Phi) is 3.11. The summed E-state index contributed by atoms with van der Waals surface area (Å²) in [5, 5.41) is 13.2. The number of ketones is 2. The minimum Gasteiger partial charge on any atom is -0.358 e. The molecule has 0 saturated heterocycles. The molecule has 2 aromatic carbocycles. The Bertz CT molecular complexity index is 684. The van der Waals surface area contributed by atoms with Gasteiger partial charge in [-0.2, -0.15) is 0 Å². The van der Waals surface area contributed by atoms with E-state index in [0.29, 0.717) is 5.69 Å². The van der Waals surface area contributed by atoms with Gasteiger partial charge in [0.1, 0.15) is 0 Å². The van der Waals surface area contributed by atoms with Crippen LogP contribution in [-0.2, 0) is 6.42 Å². The highest BCUT2D eigenvalue weighted by Crippen LogP contribution is 2.31. The Labute approximate surface area is 122 Å². The summed E-state index contributed by atoms with van der Waals surface area (Å²) in [5.74, 6) is -1.22. The third kappa shape index (κ3) is 2.04. The molecule has 2 aromatic rings. The van der Waals surface area contributed by atoms with Crippen LogP contribution < -0.4 is 5.32 Å². The Morgan fingerprint density at radius 1 is 0.952 bits per heavy atom. The first kappa shape index (κ1) is 13.5. The average Bonchev–Trinajstić information content (AvgIpc) is 2.71. The van der Waals surface area contributed by atoms with Crippen LogP contribution in [0.4, 0.5) is 5.69 Å². The van der Waals surface area contributed by atoms with Gasteiger partial charge in [0.05, 0.1) is 0 Å². The standard InChI is InChI=1S/C17H15NO3/c1-2-11-7-9-12(10-8-11)18-17(21)15(19)13-5-3-4-6-14(13)16(17)20/h3-10,18,21H,2H2,1H3. The first-order valence-corrected chi connectivity index (χ1v) is 6.84.